The maximum atomic E-state index is 14.2. The number of benzene rings is 1. The maximum absolute atomic E-state index is 14.2. The van der Waals surface area contributed by atoms with E-state index in [2.05, 4.69) is 27.6 Å². The molecule has 1 aliphatic heterocycles. The van der Waals surface area contributed by atoms with Gasteiger partial charge in [0.1, 0.15) is 11.6 Å². The van der Waals surface area contributed by atoms with Crippen LogP contribution in [-0.4, -0.2) is 53.1 Å². The summed E-state index contributed by atoms with van der Waals surface area (Å²) in [6.07, 6.45) is 10.2. The fourth-order valence-electron chi connectivity index (χ4n) is 6.02. The van der Waals surface area contributed by atoms with Crippen molar-refractivity contribution in [1.29, 1.82) is 0 Å². The van der Waals surface area contributed by atoms with Crippen LogP contribution in [-0.2, 0) is 4.79 Å². The van der Waals surface area contributed by atoms with Gasteiger partial charge in [0.25, 0.3) is 5.91 Å². The van der Waals surface area contributed by atoms with Crippen LogP contribution in [0.2, 0.25) is 0 Å². The Kier molecular flexibility index (Phi) is 7.88. The van der Waals surface area contributed by atoms with Gasteiger partial charge in [-0.3, -0.25) is 14.5 Å². The second-order valence-corrected chi connectivity index (χ2v) is 11.0. The Hall–Kier alpha value is -2.81. The highest BCUT2D eigenvalue weighted by atomic mass is 19.1. The number of carbonyl (C=O) groups excluding carboxylic acids is 2. The minimum absolute atomic E-state index is 0.00423. The van der Waals surface area contributed by atoms with Crippen LogP contribution in [0.1, 0.15) is 75.2 Å². The Balaban J connectivity index is 1.28. The lowest BCUT2D eigenvalue weighted by Gasteiger charge is -2.43. The smallest absolute Gasteiger partial charge is 0.273 e. The van der Waals surface area contributed by atoms with Crippen LogP contribution >= 0.6 is 0 Å². The highest BCUT2D eigenvalue weighted by molar-refractivity contribution is 5.94. The number of hydrogen-bond acceptors (Lipinski definition) is 5. The monoisotopic (exact) mass is 514 g/mol. The molecule has 2 aromatic rings. The summed E-state index contributed by atoms with van der Waals surface area (Å²) >= 11 is 0. The lowest BCUT2D eigenvalue weighted by molar-refractivity contribution is -0.129. The zero-order valence-corrected chi connectivity index (χ0v) is 21.3. The van der Waals surface area contributed by atoms with Crippen molar-refractivity contribution in [3.8, 4) is 11.3 Å². The summed E-state index contributed by atoms with van der Waals surface area (Å²) < 4.78 is 32.6. The van der Waals surface area contributed by atoms with Gasteiger partial charge in [0.15, 0.2) is 11.5 Å². The van der Waals surface area contributed by atoms with E-state index in [1.54, 1.807) is 0 Å². The largest absolute Gasteiger partial charge is 0.355 e. The fourth-order valence-corrected chi connectivity index (χ4v) is 6.02. The third-order valence-electron chi connectivity index (χ3n) is 8.55. The Labute approximate surface area is 216 Å². The summed E-state index contributed by atoms with van der Waals surface area (Å²) in [6.45, 7) is 3.51. The summed E-state index contributed by atoms with van der Waals surface area (Å²) in [6, 6.07) is 4.73. The Morgan fingerprint density at radius 1 is 1.05 bits per heavy atom. The van der Waals surface area contributed by atoms with E-state index < -0.39 is 17.5 Å². The van der Waals surface area contributed by atoms with E-state index in [4.69, 9.17) is 4.52 Å². The molecular weight excluding hydrogens is 478 g/mol. The zero-order valence-electron chi connectivity index (χ0n) is 21.3. The minimum Gasteiger partial charge on any atom is -0.355 e. The Morgan fingerprint density at radius 3 is 2.54 bits per heavy atom. The van der Waals surface area contributed by atoms with Gasteiger partial charge < -0.3 is 15.2 Å². The van der Waals surface area contributed by atoms with Crippen molar-refractivity contribution in [2.75, 3.05) is 13.1 Å². The van der Waals surface area contributed by atoms with E-state index in [-0.39, 0.29) is 40.9 Å². The molecule has 37 heavy (non-hydrogen) atoms. The van der Waals surface area contributed by atoms with Crippen LogP contribution in [0, 0.1) is 23.5 Å². The van der Waals surface area contributed by atoms with Crippen molar-refractivity contribution in [2.45, 2.75) is 82.8 Å². The number of likely N-dealkylation sites (tertiary alicyclic amines) is 1. The predicted molar refractivity (Wildman–Crippen MR) is 135 cm³/mol. The molecular formula is C28H36F2N4O3. The number of rotatable bonds is 7. The van der Waals surface area contributed by atoms with Crippen LogP contribution in [0.4, 0.5) is 8.78 Å². The van der Waals surface area contributed by atoms with Gasteiger partial charge in [0, 0.05) is 43.3 Å². The molecule has 2 heterocycles. The number of piperidine rings is 1. The van der Waals surface area contributed by atoms with Crippen molar-refractivity contribution < 1.29 is 22.9 Å². The molecule has 0 radical (unpaired) electrons. The summed E-state index contributed by atoms with van der Waals surface area (Å²) in [5.41, 5.74) is 0.0198. The first kappa shape index (κ1) is 25.8. The van der Waals surface area contributed by atoms with E-state index in [0.717, 1.165) is 44.4 Å². The molecule has 2 saturated carbocycles. The molecule has 3 fully saturated rings. The van der Waals surface area contributed by atoms with E-state index in [1.807, 2.05) is 0 Å². The second kappa shape index (κ2) is 11.3. The van der Waals surface area contributed by atoms with Gasteiger partial charge in [-0.05, 0) is 57.1 Å². The third-order valence-corrected chi connectivity index (χ3v) is 8.55. The van der Waals surface area contributed by atoms with Crippen LogP contribution in [0.25, 0.3) is 11.3 Å². The summed E-state index contributed by atoms with van der Waals surface area (Å²) in [5, 5.41) is 10.0. The lowest BCUT2D eigenvalue weighted by atomic mass is 9.80. The molecule has 0 bridgehead atoms. The number of carbonyl (C=O) groups is 2. The summed E-state index contributed by atoms with van der Waals surface area (Å²) in [4.78, 5) is 29.0. The van der Waals surface area contributed by atoms with Crippen molar-refractivity contribution in [1.82, 2.24) is 20.7 Å². The van der Waals surface area contributed by atoms with Crippen molar-refractivity contribution in [3.63, 3.8) is 0 Å². The second-order valence-electron chi connectivity index (χ2n) is 11.0. The Bertz CT molecular complexity index is 1110. The van der Waals surface area contributed by atoms with E-state index in [1.165, 1.54) is 37.8 Å². The number of hydrogen-bond donors (Lipinski definition) is 2. The molecule has 200 valence electrons. The van der Waals surface area contributed by atoms with E-state index in [9.17, 15) is 18.4 Å². The topological polar surface area (TPSA) is 87.5 Å². The van der Waals surface area contributed by atoms with Gasteiger partial charge in [0.05, 0.1) is 11.5 Å². The number of aromatic nitrogens is 1. The average Bonchev–Trinajstić information content (AvgIpc) is 3.34. The average molecular weight is 515 g/mol. The van der Waals surface area contributed by atoms with Gasteiger partial charge >= 0.3 is 0 Å². The molecule has 1 aromatic heterocycles. The number of amides is 2. The highest BCUT2D eigenvalue weighted by Gasteiger charge is 2.39. The standard InChI is InChI=1S/C28H36F2N4O3/c1-17(18-6-5-7-18)31-27(35)22-16-34(20-8-3-2-4-9-20)13-12-24(22)32-28(36)25-15-26(37-33-25)21-11-10-19(29)14-23(21)30/h10-11,14-15,17-18,20,22,24H,2-9,12-13,16H2,1H3,(H,31,35)(H,32,36)/t17-,22+,24+/m1/s1. The predicted octanol–water partition coefficient (Wildman–Crippen LogP) is 4.68. The maximum Gasteiger partial charge on any atom is 0.273 e. The molecule has 1 aromatic carbocycles. The van der Waals surface area contributed by atoms with Crippen LogP contribution in [0.3, 0.4) is 0 Å². The van der Waals surface area contributed by atoms with Gasteiger partial charge in [-0.15, -0.1) is 0 Å². The zero-order chi connectivity index (χ0) is 25.9. The van der Waals surface area contributed by atoms with Crippen LogP contribution < -0.4 is 10.6 Å². The van der Waals surface area contributed by atoms with Crippen molar-refractivity contribution >= 4 is 11.8 Å². The van der Waals surface area contributed by atoms with Gasteiger partial charge in [-0.25, -0.2) is 8.78 Å². The molecule has 3 aliphatic rings. The van der Waals surface area contributed by atoms with E-state index in [0.29, 0.717) is 24.9 Å². The molecule has 5 rings (SSSR count). The summed E-state index contributed by atoms with van der Waals surface area (Å²) in [7, 11) is 0. The van der Waals surface area contributed by atoms with Gasteiger partial charge in [-0.1, -0.05) is 30.8 Å². The van der Waals surface area contributed by atoms with Crippen molar-refractivity contribution in [3.05, 3.63) is 41.6 Å². The lowest BCUT2D eigenvalue weighted by Crippen LogP contribution is -2.59. The first-order valence-electron chi connectivity index (χ1n) is 13.7. The molecule has 1 saturated heterocycles. The molecule has 2 aliphatic carbocycles. The molecule has 2 N–H and O–H groups in total. The molecule has 2 amide bonds. The molecule has 0 unspecified atom stereocenters. The minimum atomic E-state index is -0.796. The summed E-state index contributed by atoms with van der Waals surface area (Å²) in [5.74, 6) is -1.79. The van der Waals surface area contributed by atoms with Crippen LogP contribution in [0.15, 0.2) is 28.8 Å². The van der Waals surface area contributed by atoms with Gasteiger partial charge in [-0.2, -0.15) is 0 Å². The number of halogens is 2. The molecule has 9 heteroatoms. The van der Waals surface area contributed by atoms with Crippen LogP contribution in [0.5, 0.6) is 0 Å². The number of nitrogens with one attached hydrogen (secondary N) is 2. The van der Waals surface area contributed by atoms with E-state index >= 15 is 0 Å². The molecule has 0 spiro atoms. The normalized spacial score (nSPS) is 24.3. The highest BCUT2D eigenvalue weighted by Crippen LogP contribution is 2.31. The fraction of sp³-hybridized carbons (Fsp3) is 0.607. The quantitative estimate of drug-likeness (QED) is 0.560. The van der Waals surface area contributed by atoms with Crippen molar-refractivity contribution in [2.24, 2.45) is 11.8 Å². The molecule has 7 nitrogen and oxygen atoms in total. The Morgan fingerprint density at radius 2 is 1.84 bits per heavy atom. The SMILES string of the molecule is C[C@@H](NC(=O)[C@H]1CN(C2CCCCC2)CC[C@@H]1NC(=O)c1cc(-c2ccc(F)cc2F)on1)C1CCC1. The third kappa shape index (κ3) is 5.87. The first-order chi connectivity index (χ1) is 17.9. The molecule has 3 atom stereocenters. The number of nitrogens with zero attached hydrogens (tertiary/aromatic N) is 2. The van der Waals surface area contributed by atoms with Gasteiger partial charge in [0.2, 0.25) is 5.91 Å². The first-order valence-corrected chi connectivity index (χ1v) is 13.7.